The molecule has 1 saturated heterocycles. The second-order valence-electron chi connectivity index (χ2n) is 10.5. The maximum absolute atomic E-state index is 13.2. The Hall–Kier alpha value is -0.880. The number of esters is 1. The predicted molar refractivity (Wildman–Crippen MR) is 146 cm³/mol. The van der Waals surface area contributed by atoms with E-state index in [1.165, 1.54) is 11.3 Å². The molecule has 0 unspecified atom stereocenters. The number of thiazole rings is 1. The number of carbonyl (C=O) groups excluding carboxylic acids is 2. The van der Waals surface area contributed by atoms with Crippen molar-refractivity contribution in [2.24, 2.45) is 17.3 Å². The maximum Gasteiger partial charge on any atom is 0.309 e. The standard InChI is InChI=1S/C26H40INO6S/c1-14-8-7-9-20(29)19(27)11-21(15(2)10-18-13-35-17(4)28-18)34-23(31)12-22(30)26(5,6)25(33)16(3)24(14)32/h10,13-14,16,19-22,24,29-30,32H,7-9,11-12H2,1-6H3/t14-,16+,19+,20+,21-,22-,24-/m0/s1. The summed E-state index contributed by atoms with van der Waals surface area (Å²) in [6, 6.07) is 0. The Bertz CT molecular complexity index is 900. The lowest BCUT2D eigenvalue weighted by molar-refractivity contribution is -0.154. The van der Waals surface area contributed by atoms with E-state index in [9.17, 15) is 24.9 Å². The number of aliphatic hydroxyl groups is 3. The van der Waals surface area contributed by atoms with Gasteiger partial charge in [0.1, 0.15) is 11.9 Å². The highest BCUT2D eigenvalue weighted by Gasteiger charge is 2.42. The SMILES string of the molecule is CC(=Cc1csc(C)n1)[C@@H]1C[C@@H](I)[C@H](O)CCC[C@H](C)[C@H](O)[C@@H](C)C(=O)C(C)(C)[C@@H](O)CC(=O)O1. The van der Waals surface area contributed by atoms with Gasteiger partial charge in [0.25, 0.3) is 0 Å². The lowest BCUT2D eigenvalue weighted by Crippen LogP contribution is -2.45. The van der Waals surface area contributed by atoms with Gasteiger partial charge >= 0.3 is 5.97 Å². The highest BCUT2D eigenvalue weighted by Crippen LogP contribution is 2.33. The van der Waals surface area contributed by atoms with Gasteiger partial charge < -0.3 is 20.1 Å². The summed E-state index contributed by atoms with van der Waals surface area (Å²) in [6.45, 7) is 10.6. The van der Waals surface area contributed by atoms with Crippen LogP contribution in [0.2, 0.25) is 0 Å². The van der Waals surface area contributed by atoms with Crippen LogP contribution >= 0.6 is 33.9 Å². The van der Waals surface area contributed by atoms with Crippen molar-refractivity contribution in [2.75, 3.05) is 0 Å². The molecule has 1 aromatic heterocycles. The van der Waals surface area contributed by atoms with Crippen molar-refractivity contribution >= 4 is 51.8 Å². The number of Topliss-reactive ketones (excluding diaryl/α,β-unsaturated/α-hetero) is 1. The van der Waals surface area contributed by atoms with Gasteiger partial charge in [-0.3, -0.25) is 9.59 Å². The third-order valence-corrected chi connectivity index (χ3v) is 9.28. The molecule has 7 atom stereocenters. The van der Waals surface area contributed by atoms with Crippen LogP contribution in [0.1, 0.15) is 77.4 Å². The fourth-order valence-electron chi connectivity index (χ4n) is 4.48. The van der Waals surface area contributed by atoms with E-state index >= 15 is 0 Å². The fourth-order valence-corrected chi connectivity index (χ4v) is 5.87. The number of hydrogen-bond acceptors (Lipinski definition) is 8. The molecule has 0 bridgehead atoms. The largest absolute Gasteiger partial charge is 0.458 e. The lowest BCUT2D eigenvalue weighted by Gasteiger charge is -2.35. The molecule has 2 heterocycles. The van der Waals surface area contributed by atoms with Crippen LogP contribution in [0, 0.1) is 24.2 Å². The van der Waals surface area contributed by atoms with Gasteiger partial charge in [0.15, 0.2) is 0 Å². The lowest BCUT2D eigenvalue weighted by atomic mass is 9.73. The number of carbonyl (C=O) groups is 2. The molecule has 1 fully saturated rings. The van der Waals surface area contributed by atoms with Crippen LogP contribution in [-0.2, 0) is 14.3 Å². The maximum atomic E-state index is 13.2. The summed E-state index contributed by atoms with van der Waals surface area (Å²) >= 11 is 3.73. The Morgan fingerprint density at radius 2 is 1.89 bits per heavy atom. The van der Waals surface area contributed by atoms with E-state index in [0.29, 0.717) is 25.7 Å². The number of ketones is 1. The smallest absolute Gasteiger partial charge is 0.309 e. The minimum atomic E-state index is -1.26. The van der Waals surface area contributed by atoms with Crippen LogP contribution < -0.4 is 0 Å². The third kappa shape index (κ3) is 8.31. The van der Waals surface area contributed by atoms with Gasteiger partial charge in [-0.05, 0) is 44.3 Å². The first-order valence-electron chi connectivity index (χ1n) is 12.3. The van der Waals surface area contributed by atoms with E-state index in [1.54, 1.807) is 20.8 Å². The number of rotatable bonds is 2. The summed E-state index contributed by atoms with van der Waals surface area (Å²) < 4.78 is 5.64. The van der Waals surface area contributed by atoms with Crippen LogP contribution in [0.5, 0.6) is 0 Å². The van der Waals surface area contributed by atoms with Gasteiger partial charge in [-0.1, -0.05) is 56.7 Å². The molecule has 2 rings (SSSR count). The number of halogens is 1. The number of ether oxygens (including phenoxy) is 1. The predicted octanol–water partition coefficient (Wildman–Crippen LogP) is 4.48. The fraction of sp³-hybridized carbons (Fsp3) is 0.731. The molecule has 7 nitrogen and oxygen atoms in total. The first-order valence-corrected chi connectivity index (χ1v) is 14.4. The summed E-state index contributed by atoms with van der Waals surface area (Å²) in [7, 11) is 0. The van der Waals surface area contributed by atoms with Crippen molar-refractivity contribution in [3.8, 4) is 0 Å². The van der Waals surface area contributed by atoms with E-state index < -0.39 is 41.7 Å². The number of aryl methyl sites for hydroxylation is 1. The molecular weight excluding hydrogens is 581 g/mol. The molecular formula is C26H40INO6S. The monoisotopic (exact) mass is 621 g/mol. The number of aliphatic hydroxyl groups excluding tert-OH is 3. The van der Waals surface area contributed by atoms with E-state index in [1.807, 2.05) is 32.2 Å². The Labute approximate surface area is 226 Å². The van der Waals surface area contributed by atoms with Crippen molar-refractivity contribution in [2.45, 2.75) is 102 Å². The second kappa shape index (κ2) is 13.1. The Morgan fingerprint density at radius 1 is 1.23 bits per heavy atom. The summed E-state index contributed by atoms with van der Waals surface area (Å²) in [5.41, 5.74) is 0.359. The molecule has 1 aliphatic heterocycles. The molecule has 0 radical (unpaired) electrons. The zero-order chi connectivity index (χ0) is 26.5. The average molecular weight is 622 g/mol. The Morgan fingerprint density at radius 3 is 2.49 bits per heavy atom. The highest BCUT2D eigenvalue weighted by molar-refractivity contribution is 14.1. The molecule has 198 valence electrons. The molecule has 3 N–H and O–H groups in total. The minimum Gasteiger partial charge on any atom is -0.458 e. The number of nitrogens with zero attached hydrogens (tertiary/aromatic N) is 1. The van der Waals surface area contributed by atoms with Crippen molar-refractivity contribution in [1.82, 2.24) is 4.98 Å². The second-order valence-corrected chi connectivity index (χ2v) is 13.1. The minimum absolute atomic E-state index is 0.140. The molecule has 35 heavy (non-hydrogen) atoms. The third-order valence-electron chi connectivity index (χ3n) is 7.15. The average Bonchev–Trinajstić information content (AvgIpc) is 3.20. The number of aromatic nitrogens is 1. The zero-order valence-electron chi connectivity index (χ0n) is 21.5. The Balaban J connectivity index is 2.33. The first kappa shape index (κ1) is 30.3. The summed E-state index contributed by atoms with van der Waals surface area (Å²) in [4.78, 5) is 30.5. The molecule has 0 amide bonds. The molecule has 0 aromatic carbocycles. The zero-order valence-corrected chi connectivity index (χ0v) is 24.5. The van der Waals surface area contributed by atoms with E-state index in [4.69, 9.17) is 4.74 Å². The van der Waals surface area contributed by atoms with Crippen molar-refractivity contribution < 1.29 is 29.6 Å². The number of hydrogen-bond donors (Lipinski definition) is 3. The molecule has 0 aliphatic carbocycles. The normalized spacial score (nSPS) is 34.5. The van der Waals surface area contributed by atoms with Crippen LogP contribution in [0.4, 0.5) is 0 Å². The summed E-state index contributed by atoms with van der Waals surface area (Å²) in [5.74, 6) is -1.74. The van der Waals surface area contributed by atoms with Gasteiger partial charge in [0.05, 0.1) is 40.8 Å². The molecule has 1 aromatic rings. The van der Waals surface area contributed by atoms with Gasteiger partial charge in [0.2, 0.25) is 0 Å². The van der Waals surface area contributed by atoms with Crippen molar-refractivity contribution in [1.29, 1.82) is 0 Å². The molecule has 9 heteroatoms. The quantitative estimate of drug-likeness (QED) is 0.253. The first-order chi connectivity index (χ1) is 16.2. The molecule has 0 saturated carbocycles. The molecule has 1 aliphatic rings. The number of cyclic esters (lactones) is 1. The van der Waals surface area contributed by atoms with Gasteiger partial charge in [0, 0.05) is 21.6 Å². The van der Waals surface area contributed by atoms with E-state index in [2.05, 4.69) is 27.6 Å². The van der Waals surface area contributed by atoms with Crippen LogP contribution in [0.15, 0.2) is 11.0 Å². The topological polar surface area (TPSA) is 117 Å². The van der Waals surface area contributed by atoms with E-state index in [0.717, 1.165) is 16.3 Å². The van der Waals surface area contributed by atoms with Gasteiger partial charge in [-0.25, -0.2) is 4.98 Å². The van der Waals surface area contributed by atoms with Gasteiger partial charge in [-0.15, -0.1) is 11.3 Å². The Kier molecular flexibility index (Phi) is 11.3. The van der Waals surface area contributed by atoms with Crippen molar-refractivity contribution in [3.05, 3.63) is 21.7 Å². The summed E-state index contributed by atoms with van der Waals surface area (Å²) in [6.07, 6.45) is 0.534. The van der Waals surface area contributed by atoms with Gasteiger partial charge in [-0.2, -0.15) is 0 Å². The highest BCUT2D eigenvalue weighted by atomic mass is 127. The summed E-state index contributed by atoms with van der Waals surface area (Å²) in [5, 5.41) is 35.2. The number of alkyl halides is 1. The molecule has 0 spiro atoms. The van der Waals surface area contributed by atoms with Crippen LogP contribution in [0.3, 0.4) is 0 Å². The van der Waals surface area contributed by atoms with Crippen LogP contribution in [-0.4, -0.2) is 60.4 Å². The van der Waals surface area contributed by atoms with E-state index in [-0.39, 0.29) is 22.0 Å². The van der Waals surface area contributed by atoms with Crippen molar-refractivity contribution in [3.63, 3.8) is 0 Å². The van der Waals surface area contributed by atoms with Crippen LogP contribution in [0.25, 0.3) is 6.08 Å².